The minimum atomic E-state index is -1.02. The lowest BCUT2D eigenvalue weighted by Crippen LogP contribution is -2.50. The van der Waals surface area contributed by atoms with Gasteiger partial charge < -0.3 is 15.1 Å². The first-order valence-electron chi connectivity index (χ1n) is 8.99. The first-order chi connectivity index (χ1) is 12.7. The molecule has 3 rings (SSSR count). The molecule has 0 saturated carbocycles. The Labute approximate surface area is 153 Å². The first-order valence-corrected chi connectivity index (χ1v) is 8.99. The second kappa shape index (κ2) is 8.89. The van der Waals surface area contributed by atoms with Gasteiger partial charge in [-0.15, -0.1) is 0 Å². The lowest BCUT2D eigenvalue weighted by atomic mass is 9.99. The van der Waals surface area contributed by atoms with E-state index in [1.54, 1.807) is 29.4 Å². The van der Waals surface area contributed by atoms with E-state index in [1.807, 2.05) is 30.3 Å². The molecule has 3 atom stereocenters. The van der Waals surface area contributed by atoms with Crippen LogP contribution in [-0.4, -0.2) is 51.7 Å². The number of amides is 1. The molecule has 1 fully saturated rings. The number of pyridine rings is 1. The summed E-state index contributed by atoms with van der Waals surface area (Å²) < 4.78 is 0. The number of aliphatic hydroxyl groups is 2. The van der Waals surface area contributed by atoms with E-state index in [4.69, 9.17) is 0 Å². The van der Waals surface area contributed by atoms with Crippen molar-refractivity contribution in [1.82, 2.24) is 15.2 Å². The fraction of sp³-hybridized carbons (Fsp3) is 0.400. The number of benzene rings is 1. The molecule has 6 heteroatoms. The molecular weight excluding hydrogens is 330 g/mol. The maximum absolute atomic E-state index is 13.0. The Kier molecular flexibility index (Phi) is 6.33. The van der Waals surface area contributed by atoms with Crippen LogP contribution in [0.4, 0.5) is 0 Å². The Morgan fingerprint density at radius 3 is 2.35 bits per heavy atom. The number of carbonyl (C=O) groups is 1. The molecule has 0 bridgehead atoms. The van der Waals surface area contributed by atoms with Crippen molar-refractivity contribution in [2.75, 3.05) is 19.7 Å². The lowest BCUT2D eigenvalue weighted by Gasteiger charge is -2.31. The minimum Gasteiger partial charge on any atom is -0.394 e. The van der Waals surface area contributed by atoms with E-state index < -0.39 is 18.2 Å². The molecule has 3 unspecified atom stereocenters. The van der Waals surface area contributed by atoms with Gasteiger partial charge in [0.1, 0.15) is 12.1 Å². The van der Waals surface area contributed by atoms with E-state index in [0.29, 0.717) is 18.7 Å². The van der Waals surface area contributed by atoms with Gasteiger partial charge in [-0.1, -0.05) is 30.3 Å². The zero-order chi connectivity index (χ0) is 18.4. The number of carbonyl (C=O) groups excluding carboxylic acids is 1. The molecule has 3 N–H and O–H groups in total. The molecule has 6 nitrogen and oxygen atoms in total. The van der Waals surface area contributed by atoms with Gasteiger partial charge in [0, 0.05) is 25.5 Å². The van der Waals surface area contributed by atoms with Crippen molar-refractivity contribution in [1.29, 1.82) is 0 Å². The third-order valence-electron chi connectivity index (χ3n) is 4.81. The summed E-state index contributed by atoms with van der Waals surface area (Å²) in [7, 11) is 0. The van der Waals surface area contributed by atoms with E-state index in [1.165, 1.54) is 0 Å². The molecule has 0 aliphatic carbocycles. The number of nitrogens with zero attached hydrogens (tertiary/aromatic N) is 2. The predicted octanol–water partition coefficient (Wildman–Crippen LogP) is 1.43. The summed E-state index contributed by atoms with van der Waals surface area (Å²) in [6, 6.07) is 11.6. The maximum atomic E-state index is 13.0. The average Bonchev–Trinajstić information content (AvgIpc) is 3.24. The van der Waals surface area contributed by atoms with Gasteiger partial charge >= 0.3 is 0 Å². The second-order valence-electron chi connectivity index (χ2n) is 6.55. The number of likely N-dealkylation sites (tertiary alicyclic amines) is 1. The normalized spacial score (nSPS) is 17.7. The standard InChI is InChI=1S/C20H25N3O3/c24-14-17(15-6-2-1-3-7-15)22-18(20(26)23-12-4-5-13-23)19(25)16-8-10-21-11-9-16/h1-3,6-11,17-19,22,24-25H,4-5,12-14H2. The zero-order valence-electron chi connectivity index (χ0n) is 14.7. The topological polar surface area (TPSA) is 85.7 Å². The van der Waals surface area contributed by atoms with Gasteiger partial charge in [-0.05, 0) is 36.1 Å². The molecule has 1 aliphatic rings. The quantitative estimate of drug-likeness (QED) is 0.700. The summed E-state index contributed by atoms with van der Waals surface area (Å²) in [5.74, 6) is -0.138. The van der Waals surface area contributed by atoms with Crippen LogP contribution in [-0.2, 0) is 4.79 Å². The van der Waals surface area contributed by atoms with Crippen molar-refractivity contribution in [2.24, 2.45) is 0 Å². The number of hydrogen-bond acceptors (Lipinski definition) is 5. The molecule has 1 saturated heterocycles. The molecule has 0 radical (unpaired) electrons. The molecule has 1 aromatic heterocycles. The Bertz CT molecular complexity index is 690. The maximum Gasteiger partial charge on any atom is 0.242 e. The molecular formula is C20H25N3O3. The van der Waals surface area contributed by atoms with Gasteiger partial charge in [0.15, 0.2) is 0 Å². The van der Waals surface area contributed by atoms with Crippen LogP contribution < -0.4 is 5.32 Å². The Morgan fingerprint density at radius 1 is 1.08 bits per heavy atom. The van der Waals surface area contributed by atoms with Crippen molar-refractivity contribution in [2.45, 2.75) is 31.0 Å². The predicted molar refractivity (Wildman–Crippen MR) is 98.2 cm³/mol. The van der Waals surface area contributed by atoms with Crippen LogP contribution in [0.2, 0.25) is 0 Å². The first kappa shape index (κ1) is 18.5. The number of hydrogen-bond donors (Lipinski definition) is 3. The minimum absolute atomic E-state index is 0.138. The smallest absolute Gasteiger partial charge is 0.242 e. The van der Waals surface area contributed by atoms with Gasteiger partial charge in [0.05, 0.1) is 12.6 Å². The zero-order valence-corrected chi connectivity index (χ0v) is 14.7. The van der Waals surface area contributed by atoms with Crippen molar-refractivity contribution < 1.29 is 15.0 Å². The van der Waals surface area contributed by atoms with Gasteiger partial charge in [-0.2, -0.15) is 0 Å². The molecule has 1 amide bonds. The second-order valence-corrected chi connectivity index (χ2v) is 6.55. The highest BCUT2D eigenvalue weighted by Crippen LogP contribution is 2.23. The van der Waals surface area contributed by atoms with Crippen LogP contribution in [0.3, 0.4) is 0 Å². The number of rotatable bonds is 7. The molecule has 2 heterocycles. The Hall–Kier alpha value is -2.28. The monoisotopic (exact) mass is 355 g/mol. The summed E-state index contributed by atoms with van der Waals surface area (Å²) in [5, 5.41) is 23.9. The summed E-state index contributed by atoms with van der Waals surface area (Å²) in [4.78, 5) is 18.8. The molecule has 2 aromatic rings. The van der Waals surface area contributed by atoms with Crippen LogP contribution in [0.25, 0.3) is 0 Å². The molecule has 1 aliphatic heterocycles. The SMILES string of the molecule is O=C(C(NC(CO)c1ccccc1)C(O)c1ccncc1)N1CCCC1. The Balaban J connectivity index is 1.85. The van der Waals surface area contributed by atoms with E-state index in [9.17, 15) is 15.0 Å². The fourth-order valence-corrected chi connectivity index (χ4v) is 3.34. The summed E-state index contributed by atoms with van der Waals surface area (Å²) >= 11 is 0. The largest absolute Gasteiger partial charge is 0.394 e. The average molecular weight is 355 g/mol. The van der Waals surface area contributed by atoms with Crippen LogP contribution >= 0.6 is 0 Å². The van der Waals surface area contributed by atoms with Crippen LogP contribution in [0.5, 0.6) is 0 Å². The highest BCUT2D eigenvalue weighted by Gasteiger charge is 2.34. The third kappa shape index (κ3) is 4.27. The third-order valence-corrected chi connectivity index (χ3v) is 4.81. The van der Waals surface area contributed by atoms with Crippen LogP contribution in [0, 0.1) is 0 Å². The molecule has 1 aromatic carbocycles. The van der Waals surface area contributed by atoms with Crippen LogP contribution in [0.15, 0.2) is 54.9 Å². The van der Waals surface area contributed by atoms with Gasteiger partial charge in [0.2, 0.25) is 5.91 Å². The number of aliphatic hydroxyl groups excluding tert-OH is 2. The van der Waals surface area contributed by atoms with Crippen molar-refractivity contribution in [3.63, 3.8) is 0 Å². The van der Waals surface area contributed by atoms with Crippen LogP contribution in [0.1, 0.15) is 36.1 Å². The van der Waals surface area contributed by atoms with Gasteiger partial charge in [0.25, 0.3) is 0 Å². The Morgan fingerprint density at radius 2 is 1.73 bits per heavy atom. The summed E-state index contributed by atoms with van der Waals surface area (Å²) in [6.07, 6.45) is 4.12. The lowest BCUT2D eigenvalue weighted by molar-refractivity contribution is -0.135. The number of nitrogens with one attached hydrogen (secondary N) is 1. The van der Waals surface area contributed by atoms with E-state index in [-0.39, 0.29) is 12.5 Å². The van der Waals surface area contributed by atoms with Gasteiger partial charge in [-0.25, -0.2) is 0 Å². The van der Waals surface area contributed by atoms with Crippen molar-refractivity contribution >= 4 is 5.91 Å². The highest BCUT2D eigenvalue weighted by atomic mass is 16.3. The van der Waals surface area contributed by atoms with E-state index >= 15 is 0 Å². The van der Waals surface area contributed by atoms with Crippen molar-refractivity contribution in [3.05, 3.63) is 66.0 Å². The van der Waals surface area contributed by atoms with E-state index in [2.05, 4.69) is 10.3 Å². The fourth-order valence-electron chi connectivity index (χ4n) is 3.34. The van der Waals surface area contributed by atoms with E-state index in [0.717, 1.165) is 18.4 Å². The molecule has 26 heavy (non-hydrogen) atoms. The summed E-state index contributed by atoms with van der Waals surface area (Å²) in [6.45, 7) is 1.24. The van der Waals surface area contributed by atoms with Gasteiger partial charge in [-0.3, -0.25) is 15.1 Å². The number of aromatic nitrogens is 1. The molecule has 0 spiro atoms. The summed E-state index contributed by atoms with van der Waals surface area (Å²) in [5.41, 5.74) is 1.49. The van der Waals surface area contributed by atoms with Crippen molar-refractivity contribution in [3.8, 4) is 0 Å². The highest BCUT2D eigenvalue weighted by molar-refractivity contribution is 5.83. The molecule has 138 valence electrons.